The molecule has 0 unspecified atom stereocenters. The average Bonchev–Trinajstić information content (AvgIpc) is 3.38. The molecule has 1 aromatic carbocycles. The molecule has 2 N–H and O–H groups in total. The van der Waals surface area contributed by atoms with Gasteiger partial charge in [0.1, 0.15) is 17.8 Å². The van der Waals surface area contributed by atoms with Crippen LogP contribution < -0.4 is 10.9 Å². The predicted octanol–water partition coefficient (Wildman–Crippen LogP) is 2.03. The Hall–Kier alpha value is -4.12. The van der Waals surface area contributed by atoms with Gasteiger partial charge in [-0.25, -0.2) is 4.98 Å². The maximum atomic E-state index is 13.4. The Morgan fingerprint density at radius 3 is 2.58 bits per heavy atom. The highest BCUT2D eigenvalue weighted by Crippen LogP contribution is 2.29. The summed E-state index contributed by atoms with van der Waals surface area (Å²) in [6.45, 7) is 5.34. The van der Waals surface area contributed by atoms with Crippen molar-refractivity contribution in [3.05, 3.63) is 69.1 Å². The Bertz CT molecular complexity index is 1510. The molecule has 1 fully saturated rings. The van der Waals surface area contributed by atoms with Gasteiger partial charge in [0.15, 0.2) is 0 Å². The van der Waals surface area contributed by atoms with E-state index in [0.717, 1.165) is 5.56 Å². The number of tetrazole rings is 1. The van der Waals surface area contributed by atoms with Gasteiger partial charge >= 0.3 is 0 Å². The fourth-order valence-corrected chi connectivity index (χ4v) is 4.39. The van der Waals surface area contributed by atoms with E-state index in [1.807, 2.05) is 0 Å². The second-order valence-corrected chi connectivity index (χ2v) is 9.98. The number of carbonyl (C=O) groups excluding carboxylic acids is 2. The summed E-state index contributed by atoms with van der Waals surface area (Å²) in [6, 6.07) is 10.2. The lowest BCUT2D eigenvalue weighted by molar-refractivity contribution is -0.142. The van der Waals surface area contributed by atoms with Crippen molar-refractivity contribution < 1.29 is 9.59 Å². The molecule has 1 saturated heterocycles. The largest absolute Gasteiger partial charge is 0.348 e. The molecule has 11 nitrogen and oxygen atoms in total. The Morgan fingerprint density at radius 2 is 1.92 bits per heavy atom. The van der Waals surface area contributed by atoms with Crippen LogP contribution in [-0.4, -0.2) is 60.0 Å². The minimum Gasteiger partial charge on any atom is -0.348 e. The Labute approximate surface area is 210 Å². The standard InChI is InChI=1S/C24H23ClN8O3/c1-24(2)12-32(13-24)19(34)11-33-21-15(7-16(10-26-21)20-28-30-31-29-20)8-18(23(33)36)22(35)27-9-14-3-5-17(25)6-4-14/h3-8,10H,9,11-13H2,1-2H3,(H,27,35)(H,28,29,30,31). The molecular formula is C24H23ClN8O3. The number of hydrogen-bond donors (Lipinski definition) is 2. The third kappa shape index (κ3) is 4.69. The molecule has 4 aromatic rings. The number of hydrogen-bond acceptors (Lipinski definition) is 7. The van der Waals surface area contributed by atoms with E-state index in [1.165, 1.54) is 16.8 Å². The number of halogens is 1. The van der Waals surface area contributed by atoms with Crippen LogP contribution in [0.3, 0.4) is 0 Å². The number of nitrogens with zero attached hydrogens (tertiary/aromatic N) is 6. The van der Waals surface area contributed by atoms with E-state index in [2.05, 4.69) is 44.8 Å². The van der Waals surface area contributed by atoms with Gasteiger partial charge in [0.05, 0.1) is 0 Å². The van der Waals surface area contributed by atoms with E-state index >= 15 is 0 Å². The highest BCUT2D eigenvalue weighted by molar-refractivity contribution is 6.30. The van der Waals surface area contributed by atoms with Crippen LogP contribution in [0.2, 0.25) is 5.02 Å². The minimum atomic E-state index is -0.593. The molecule has 5 rings (SSSR count). The Balaban J connectivity index is 1.51. The van der Waals surface area contributed by atoms with Gasteiger partial charge in [0.2, 0.25) is 11.7 Å². The fourth-order valence-electron chi connectivity index (χ4n) is 4.26. The molecule has 3 aromatic heterocycles. The average molecular weight is 507 g/mol. The summed E-state index contributed by atoms with van der Waals surface area (Å²) >= 11 is 5.92. The molecule has 0 bridgehead atoms. The van der Waals surface area contributed by atoms with Crippen LogP contribution in [0.4, 0.5) is 0 Å². The van der Waals surface area contributed by atoms with Crippen molar-refractivity contribution in [2.45, 2.75) is 26.9 Å². The van der Waals surface area contributed by atoms with E-state index < -0.39 is 11.5 Å². The number of aromatic amines is 1. The highest BCUT2D eigenvalue weighted by atomic mass is 35.5. The van der Waals surface area contributed by atoms with Crippen molar-refractivity contribution in [3.8, 4) is 11.4 Å². The van der Waals surface area contributed by atoms with Gasteiger partial charge in [0, 0.05) is 41.8 Å². The van der Waals surface area contributed by atoms with Crippen molar-refractivity contribution in [2.75, 3.05) is 13.1 Å². The zero-order chi connectivity index (χ0) is 25.4. The van der Waals surface area contributed by atoms with Crippen molar-refractivity contribution >= 4 is 34.4 Å². The van der Waals surface area contributed by atoms with Gasteiger partial charge in [-0.3, -0.25) is 19.0 Å². The molecule has 12 heteroatoms. The van der Waals surface area contributed by atoms with Crippen LogP contribution in [0.15, 0.2) is 47.4 Å². The third-order valence-electron chi connectivity index (χ3n) is 6.02. The number of H-pyrrole nitrogens is 1. The van der Waals surface area contributed by atoms with Gasteiger partial charge in [-0.05, 0) is 40.5 Å². The number of nitrogens with one attached hydrogen (secondary N) is 2. The van der Waals surface area contributed by atoms with Crippen LogP contribution in [0.25, 0.3) is 22.4 Å². The summed E-state index contributed by atoms with van der Waals surface area (Å²) in [5, 5.41) is 17.7. The molecule has 1 aliphatic heterocycles. The van der Waals surface area contributed by atoms with Crippen molar-refractivity contribution in [1.82, 2.24) is 40.4 Å². The summed E-state index contributed by atoms with van der Waals surface area (Å²) in [6.07, 6.45) is 1.50. The van der Waals surface area contributed by atoms with Crippen LogP contribution >= 0.6 is 11.6 Å². The van der Waals surface area contributed by atoms with E-state index in [-0.39, 0.29) is 35.6 Å². The van der Waals surface area contributed by atoms with Crippen LogP contribution in [0, 0.1) is 5.41 Å². The normalized spacial score (nSPS) is 14.5. The fraction of sp³-hybridized carbons (Fsp3) is 0.292. The molecule has 184 valence electrons. The van der Waals surface area contributed by atoms with Crippen LogP contribution in [0.1, 0.15) is 29.8 Å². The number of pyridine rings is 2. The number of benzene rings is 1. The SMILES string of the molecule is CC1(C)CN(C(=O)Cn2c(=O)c(C(=O)NCc3ccc(Cl)cc3)cc3cc(-c4nn[nH]n4)cnc32)C1. The number of amides is 2. The first-order chi connectivity index (χ1) is 17.2. The number of likely N-dealkylation sites (tertiary alicyclic amines) is 1. The van der Waals surface area contributed by atoms with Gasteiger partial charge in [-0.15, -0.1) is 10.2 Å². The molecule has 36 heavy (non-hydrogen) atoms. The molecular weight excluding hydrogens is 484 g/mol. The van der Waals surface area contributed by atoms with E-state index in [0.29, 0.717) is 34.9 Å². The number of rotatable bonds is 6. The lowest BCUT2D eigenvalue weighted by Crippen LogP contribution is -2.56. The maximum Gasteiger partial charge on any atom is 0.265 e. The summed E-state index contributed by atoms with van der Waals surface area (Å²) in [5.74, 6) is -0.455. The van der Waals surface area contributed by atoms with Crippen molar-refractivity contribution in [2.24, 2.45) is 5.41 Å². The summed E-state index contributed by atoms with van der Waals surface area (Å²) in [7, 11) is 0. The summed E-state index contributed by atoms with van der Waals surface area (Å²) in [4.78, 5) is 45.6. The summed E-state index contributed by atoms with van der Waals surface area (Å²) < 4.78 is 1.25. The molecule has 2 amide bonds. The zero-order valence-corrected chi connectivity index (χ0v) is 20.4. The van der Waals surface area contributed by atoms with Gasteiger partial charge in [0.25, 0.3) is 11.5 Å². The third-order valence-corrected chi connectivity index (χ3v) is 6.28. The smallest absolute Gasteiger partial charge is 0.265 e. The topological polar surface area (TPSA) is 139 Å². The quantitative estimate of drug-likeness (QED) is 0.408. The Morgan fingerprint density at radius 1 is 1.17 bits per heavy atom. The van der Waals surface area contributed by atoms with E-state index in [1.54, 1.807) is 35.2 Å². The Kier molecular flexibility index (Phi) is 6.00. The summed E-state index contributed by atoms with van der Waals surface area (Å²) in [5.41, 5.74) is 1.01. The first kappa shape index (κ1) is 23.6. The first-order valence-electron chi connectivity index (χ1n) is 11.3. The van der Waals surface area contributed by atoms with E-state index in [9.17, 15) is 14.4 Å². The minimum absolute atomic E-state index is 0.0455. The second kappa shape index (κ2) is 9.15. The molecule has 0 radical (unpaired) electrons. The first-order valence-corrected chi connectivity index (χ1v) is 11.7. The lowest BCUT2D eigenvalue weighted by atomic mass is 9.84. The highest BCUT2D eigenvalue weighted by Gasteiger charge is 2.37. The number of carbonyl (C=O) groups is 2. The van der Waals surface area contributed by atoms with E-state index in [4.69, 9.17) is 11.6 Å². The number of fused-ring (bicyclic) bond motifs is 1. The monoisotopic (exact) mass is 506 g/mol. The van der Waals surface area contributed by atoms with Crippen LogP contribution in [0.5, 0.6) is 0 Å². The molecule has 0 aliphatic carbocycles. The van der Waals surface area contributed by atoms with Crippen molar-refractivity contribution in [3.63, 3.8) is 0 Å². The maximum absolute atomic E-state index is 13.4. The van der Waals surface area contributed by atoms with Crippen molar-refractivity contribution in [1.29, 1.82) is 0 Å². The van der Waals surface area contributed by atoms with Crippen LogP contribution in [-0.2, 0) is 17.9 Å². The molecule has 0 spiro atoms. The molecule has 1 aliphatic rings. The number of aromatic nitrogens is 6. The molecule has 4 heterocycles. The van der Waals surface area contributed by atoms with Gasteiger partial charge in [-0.2, -0.15) is 5.21 Å². The zero-order valence-electron chi connectivity index (χ0n) is 19.7. The van der Waals surface area contributed by atoms with Gasteiger partial charge < -0.3 is 10.2 Å². The molecule has 0 saturated carbocycles. The lowest BCUT2D eigenvalue weighted by Gasteiger charge is -2.45. The predicted molar refractivity (Wildman–Crippen MR) is 132 cm³/mol. The molecule has 0 atom stereocenters. The van der Waals surface area contributed by atoms with Gasteiger partial charge in [-0.1, -0.05) is 37.6 Å². The second-order valence-electron chi connectivity index (χ2n) is 9.54.